The van der Waals surface area contributed by atoms with E-state index in [1.807, 2.05) is 0 Å². The van der Waals surface area contributed by atoms with Crippen LogP contribution in [0.4, 0.5) is 8.78 Å². The van der Waals surface area contributed by atoms with Crippen molar-refractivity contribution in [1.82, 2.24) is 0 Å². The van der Waals surface area contributed by atoms with Gasteiger partial charge in [-0.3, -0.25) is 4.79 Å². The summed E-state index contributed by atoms with van der Waals surface area (Å²) >= 11 is 1.03. The molecular formula is C16H12F2O4S. The van der Waals surface area contributed by atoms with Crippen molar-refractivity contribution >= 4 is 23.7 Å². The third-order valence-corrected chi connectivity index (χ3v) is 3.72. The molecule has 0 aliphatic rings. The van der Waals surface area contributed by atoms with Crippen LogP contribution in [-0.2, 0) is 9.53 Å². The van der Waals surface area contributed by atoms with E-state index in [2.05, 4.69) is 4.74 Å². The van der Waals surface area contributed by atoms with E-state index in [9.17, 15) is 18.4 Å². The van der Waals surface area contributed by atoms with E-state index in [0.29, 0.717) is 10.5 Å². The van der Waals surface area contributed by atoms with E-state index in [-0.39, 0.29) is 11.5 Å². The molecule has 0 saturated carbocycles. The van der Waals surface area contributed by atoms with E-state index in [0.717, 1.165) is 23.9 Å². The predicted octanol–water partition coefficient (Wildman–Crippen LogP) is 3.45. The molecule has 2 aromatic carbocycles. The van der Waals surface area contributed by atoms with Crippen molar-refractivity contribution in [3.8, 4) is 5.75 Å². The summed E-state index contributed by atoms with van der Waals surface area (Å²) in [4.78, 5) is 23.4. The average molecular weight is 338 g/mol. The molecule has 0 atom stereocenters. The highest BCUT2D eigenvalue weighted by molar-refractivity contribution is 8.00. The van der Waals surface area contributed by atoms with Crippen molar-refractivity contribution in [2.45, 2.75) is 4.90 Å². The normalized spacial score (nSPS) is 10.2. The monoisotopic (exact) mass is 338 g/mol. The number of rotatable bonds is 5. The Morgan fingerprint density at radius 2 is 1.74 bits per heavy atom. The number of esters is 2. The molecule has 23 heavy (non-hydrogen) atoms. The molecule has 2 aromatic rings. The number of carbonyl (C=O) groups is 2. The zero-order chi connectivity index (χ0) is 16.8. The molecule has 0 bridgehead atoms. The van der Waals surface area contributed by atoms with Gasteiger partial charge < -0.3 is 9.47 Å². The Morgan fingerprint density at radius 1 is 1.04 bits per heavy atom. The first-order chi connectivity index (χ1) is 11.0. The fourth-order valence-corrected chi connectivity index (χ4v) is 2.34. The van der Waals surface area contributed by atoms with Gasteiger partial charge in [-0.05, 0) is 42.5 Å². The van der Waals surface area contributed by atoms with Gasteiger partial charge in [-0.2, -0.15) is 0 Å². The predicted molar refractivity (Wildman–Crippen MR) is 80.5 cm³/mol. The molecule has 0 spiro atoms. The molecule has 0 aliphatic carbocycles. The first-order valence-corrected chi connectivity index (χ1v) is 7.45. The van der Waals surface area contributed by atoms with E-state index >= 15 is 0 Å². The van der Waals surface area contributed by atoms with Crippen LogP contribution >= 0.6 is 11.8 Å². The molecule has 0 heterocycles. The Kier molecular flexibility index (Phi) is 5.70. The number of hydrogen-bond donors (Lipinski definition) is 0. The number of benzene rings is 2. The summed E-state index contributed by atoms with van der Waals surface area (Å²) in [5.41, 5.74) is 0.337. The summed E-state index contributed by atoms with van der Waals surface area (Å²) in [5, 5.41) is 0. The van der Waals surface area contributed by atoms with Crippen molar-refractivity contribution in [3.63, 3.8) is 0 Å². The second kappa shape index (κ2) is 7.73. The average Bonchev–Trinajstić information content (AvgIpc) is 2.56. The van der Waals surface area contributed by atoms with Crippen LogP contribution in [0, 0.1) is 11.6 Å². The highest BCUT2D eigenvalue weighted by Gasteiger charge is 2.10. The van der Waals surface area contributed by atoms with Crippen LogP contribution < -0.4 is 4.74 Å². The van der Waals surface area contributed by atoms with Gasteiger partial charge in [0.2, 0.25) is 0 Å². The molecule has 0 unspecified atom stereocenters. The van der Waals surface area contributed by atoms with Gasteiger partial charge >= 0.3 is 11.9 Å². The van der Waals surface area contributed by atoms with Crippen molar-refractivity contribution in [3.05, 3.63) is 59.7 Å². The number of hydrogen-bond acceptors (Lipinski definition) is 5. The number of ether oxygens (including phenoxy) is 2. The third kappa shape index (κ3) is 4.79. The summed E-state index contributed by atoms with van der Waals surface area (Å²) < 4.78 is 35.5. The van der Waals surface area contributed by atoms with Gasteiger partial charge in [-0.1, -0.05) is 0 Å². The quantitative estimate of drug-likeness (QED) is 0.475. The lowest BCUT2D eigenvalue weighted by molar-refractivity contribution is -0.131. The SMILES string of the molecule is COC(=O)c1ccc(OC(=O)CSc2ccc(F)c(F)c2)cc1. The summed E-state index contributed by atoms with van der Waals surface area (Å²) in [6, 6.07) is 9.25. The summed E-state index contributed by atoms with van der Waals surface area (Å²) in [7, 11) is 1.27. The molecule has 120 valence electrons. The molecule has 0 fully saturated rings. The number of halogens is 2. The number of methoxy groups -OCH3 is 1. The fourth-order valence-electron chi connectivity index (χ4n) is 1.65. The molecule has 0 aliphatic heterocycles. The smallest absolute Gasteiger partial charge is 0.337 e. The second-order valence-corrected chi connectivity index (χ2v) is 5.40. The van der Waals surface area contributed by atoms with Gasteiger partial charge in [0, 0.05) is 4.90 Å². The molecule has 2 rings (SSSR count). The van der Waals surface area contributed by atoms with Gasteiger partial charge in [0.1, 0.15) is 5.75 Å². The lowest BCUT2D eigenvalue weighted by Crippen LogP contribution is -2.11. The molecule has 4 nitrogen and oxygen atoms in total. The maximum Gasteiger partial charge on any atom is 0.337 e. The number of thioether (sulfide) groups is 1. The van der Waals surface area contributed by atoms with Crippen LogP contribution in [0.5, 0.6) is 5.75 Å². The Bertz CT molecular complexity index is 717. The molecule has 0 aromatic heterocycles. The molecule has 0 amide bonds. The zero-order valence-electron chi connectivity index (χ0n) is 12.0. The standard InChI is InChI=1S/C16H12F2O4S/c1-21-16(20)10-2-4-11(5-3-10)22-15(19)9-23-12-6-7-13(17)14(18)8-12/h2-8H,9H2,1H3. The van der Waals surface area contributed by atoms with Crippen LogP contribution in [0.15, 0.2) is 47.4 Å². The van der Waals surface area contributed by atoms with E-state index in [1.165, 1.54) is 37.4 Å². The molecular weight excluding hydrogens is 326 g/mol. The van der Waals surface area contributed by atoms with Crippen molar-refractivity contribution in [2.24, 2.45) is 0 Å². The minimum absolute atomic E-state index is 0.0656. The Labute approximate surface area is 135 Å². The van der Waals surface area contributed by atoms with Crippen LogP contribution in [0.3, 0.4) is 0 Å². The van der Waals surface area contributed by atoms with E-state index in [4.69, 9.17) is 4.74 Å². The van der Waals surface area contributed by atoms with Gasteiger partial charge in [0.25, 0.3) is 0 Å². The summed E-state index contributed by atoms with van der Waals surface area (Å²) in [6.07, 6.45) is 0. The van der Waals surface area contributed by atoms with Crippen LogP contribution in [0.25, 0.3) is 0 Å². The Morgan fingerprint density at radius 3 is 2.35 bits per heavy atom. The molecule has 7 heteroatoms. The highest BCUT2D eigenvalue weighted by Crippen LogP contribution is 2.21. The summed E-state index contributed by atoms with van der Waals surface area (Å²) in [6.45, 7) is 0. The maximum atomic E-state index is 13.0. The first kappa shape index (κ1) is 17.0. The van der Waals surface area contributed by atoms with Crippen molar-refractivity contribution < 1.29 is 27.8 Å². The molecule has 0 radical (unpaired) electrons. The van der Waals surface area contributed by atoms with Crippen molar-refractivity contribution in [1.29, 1.82) is 0 Å². The van der Waals surface area contributed by atoms with Gasteiger partial charge in [0.05, 0.1) is 18.4 Å². The van der Waals surface area contributed by atoms with E-state index in [1.54, 1.807) is 0 Å². The van der Waals surface area contributed by atoms with Crippen LogP contribution in [-0.4, -0.2) is 24.8 Å². The molecule has 0 N–H and O–H groups in total. The second-order valence-electron chi connectivity index (χ2n) is 4.35. The minimum atomic E-state index is -0.971. The number of carbonyl (C=O) groups excluding carboxylic acids is 2. The van der Waals surface area contributed by atoms with Gasteiger partial charge in [0.15, 0.2) is 11.6 Å². The first-order valence-electron chi connectivity index (χ1n) is 6.46. The zero-order valence-corrected chi connectivity index (χ0v) is 12.9. The lowest BCUT2D eigenvalue weighted by atomic mass is 10.2. The lowest BCUT2D eigenvalue weighted by Gasteiger charge is -2.05. The Hall–Kier alpha value is -2.41. The maximum absolute atomic E-state index is 13.0. The van der Waals surface area contributed by atoms with Gasteiger partial charge in [-0.15, -0.1) is 11.8 Å². The topological polar surface area (TPSA) is 52.6 Å². The van der Waals surface area contributed by atoms with Crippen molar-refractivity contribution in [2.75, 3.05) is 12.9 Å². The van der Waals surface area contributed by atoms with E-state index < -0.39 is 23.6 Å². The third-order valence-electron chi connectivity index (χ3n) is 2.75. The van der Waals surface area contributed by atoms with Crippen LogP contribution in [0.2, 0.25) is 0 Å². The summed E-state index contributed by atoms with van der Waals surface area (Å²) in [5.74, 6) is -2.75. The van der Waals surface area contributed by atoms with Crippen LogP contribution in [0.1, 0.15) is 10.4 Å². The Balaban J connectivity index is 1.89. The minimum Gasteiger partial charge on any atom is -0.465 e. The van der Waals surface area contributed by atoms with Gasteiger partial charge in [-0.25, -0.2) is 13.6 Å². The largest absolute Gasteiger partial charge is 0.465 e. The fraction of sp³-hybridized carbons (Fsp3) is 0.125. The molecule has 0 saturated heterocycles. The highest BCUT2D eigenvalue weighted by atomic mass is 32.2.